The van der Waals surface area contributed by atoms with E-state index in [0.717, 1.165) is 26.1 Å². The van der Waals surface area contributed by atoms with E-state index >= 15 is 0 Å². The molecule has 0 spiro atoms. The van der Waals surface area contributed by atoms with Gasteiger partial charge in [-0.15, -0.1) is 0 Å². The minimum absolute atomic E-state index is 0.472. The summed E-state index contributed by atoms with van der Waals surface area (Å²) in [6, 6.07) is 10.8. The fraction of sp³-hybridized carbons (Fsp3) is 0.538. The smallest absolute Gasteiger partial charge is 0.0829 e. The number of hydrogen-bond donors (Lipinski definition) is 1. The lowest BCUT2D eigenvalue weighted by atomic mass is 10.1. The molecule has 86 valence electrons. The summed E-state index contributed by atoms with van der Waals surface area (Å²) in [5.74, 6) is 0. The predicted molar refractivity (Wildman–Crippen MR) is 62.6 cm³/mol. The number of ether oxygens (including phenoxy) is 2. The molecule has 2 saturated heterocycles. The number of anilines is 1. The van der Waals surface area contributed by atoms with E-state index < -0.39 is 0 Å². The molecule has 0 aliphatic carbocycles. The Morgan fingerprint density at radius 2 is 1.62 bits per heavy atom. The van der Waals surface area contributed by atoms with Crippen LogP contribution in [-0.4, -0.2) is 31.5 Å². The van der Waals surface area contributed by atoms with Crippen molar-refractivity contribution in [2.24, 2.45) is 0 Å². The van der Waals surface area contributed by atoms with Gasteiger partial charge < -0.3 is 14.8 Å². The Bertz CT molecular complexity index is 319. The Hall–Kier alpha value is -1.06. The zero-order valence-electron chi connectivity index (χ0n) is 9.26. The van der Waals surface area contributed by atoms with Crippen molar-refractivity contribution in [1.82, 2.24) is 0 Å². The van der Waals surface area contributed by atoms with Gasteiger partial charge >= 0.3 is 0 Å². The van der Waals surface area contributed by atoms with Gasteiger partial charge in [0.1, 0.15) is 0 Å². The molecule has 2 aliphatic heterocycles. The van der Waals surface area contributed by atoms with Gasteiger partial charge in [-0.1, -0.05) is 18.2 Å². The molecule has 0 bridgehead atoms. The molecule has 0 saturated carbocycles. The first-order valence-corrected chi connectivity index (χ1v) is 5.95. The van der Waals surface area contributed by atoms with Crippen LogP contribution in [-0.2, 0) is 9.47 Å². The maximum absolute atomic E-state index is 5.30. The van der Waals surface area contributed by atoms with E-state index in [4.69, 9.17) is 9.47 Å². The van der Waals surface area contributed by atoms with Crippen LogP contribution in [0.1, 0.15) is 12.8 Å². The number of benzene rings is 1. The van der Waals surface area contributed by atoms with E-state index in [2.05, 4.69) is 29.6 Å². The number of rotatable bonds is 6. The number of hydrogen-bond acceptors (Lipinski definition) is 3. The van der Waals surface area contributed by atoms with Crippen LogP contribution >= 0.6 is 0 Å². The van der Waals surface area contributed by atoms with Crippen molar-refractivity contribution in [3.63, 3.8) is 0 Å². The van der Waals surface area contributed by atoms with Gasteiger partial charge in [-0.2, -0.15) is 0 Å². The third-order valence-electron chi connectivity index (χ3n) is 3.04. The maximum atomic E-state index is 5.30. The van der Waals surface area contributed by atoms with Gasteiger partial charge in [-0.05, 0) is 25.0 Å². The lowest BCUT2D eigenvalue weighted by molar-refractivity contribution is 0.353. The lowest BCUT2D eigenvalue weighted by Crippen LogP contribution is -2.23. The van der Waals surface area contributed by atoms with E-state index in [9.17, 15) is 0 Å². The molecule has 2 atom stereocenters. The molecular weight excluding hydrogens is 202 g/mol. The topological polar surface area (TPSA) is 37.1 Å². The molecule has 3 heteroatoms. The maximum Gasteiger partial charge on any atom is 0.0829 e. The van der Waals surface area contributed by atoms with Gasteiger partial charge in [0.25, 0.3) is 0 Å². The van der Waals surface area contributed by atoms with Crippen molar-refractivity contribution in [1.29, 1.82) is 0 Å². The summed E-state index contributed by atoms with van der Waals surface area (Å²) < 4.78 is 10.6. The summed E-state index contributed by atoms with van der Waals surface area (Å²) in [4.78, 5) is 0. The zero-order chi connectivity index (χ0) is 10.8. The van der Waals surface area contributed by atoms with E-state index in [1.807, 2.05) is 6.07 Å². The van der Waals surface area contributed by atoms with Crippen LogP contribution in [0.5, 0.6) is 0 Å². The Balaban J connectivity index is 1.57. The molecule has 2 unspecified atom stereocenters. The third-order valence-corrected chi connectivity index (χ3v) is 3.04. The fourth-order valence-corrected chi connectivity index (χ4v) is 2.03. The molecule has 1 aromatic carbocycles. The summed E-state index contributed by atoms with van der Waals surface area (Å²) >= 11 is 0. The fourth-order valence-electron chi connectivity index (χ4n) is 2.03. The van der Waals surface area contributed by atoms with Gasteiger partial charge in [0.05, 0.1) is 25.4 Å². The zero-order valence-corrected chi connectivity index (χ0v) is 9.26. The predicted octanol–water partition coefficient (Wildman–Crippen LogP) is 2.04. The Kier molecular flexibility index (Phi) is 2.80. The standard InChI is InChI=1S/C13H17NO2/c1-2-4-10(5-3-1)14-11(6-12-8-15-12)7-13-9-16-13/h1-5,11-14H,6-9H2. The summed E-state index contributed by atoms with van der Waals surface area (Å²) in [6.07, 6.45) is 3.13. The molecule has 1 N–H and O–H groups in total. The number of para-hydroxylation sites is 1. The summed E-state index contributed by atoms with van der Waals surface area (Å²) in [7, 11) is 0. The Labute approximate surface area is 95.8 Å². The van der Waals surface area contributed by atoms with E-state index in [1.165, 1.54) is 5.69 Å². The van der Waals surface area contributed by atoms with Crippen LogP contribution in [0.2, 0.25) is 0 Å². The molecule has 0 radical (unpaired) electrons. The average molecular weight is 219 g/mol. The van der Waals surface area contributed by atoms with Crippen molar-refractivity contribution in [3.05, 3.63) is 30.3 Å². The molecule has 3 rings (SSSR count). The molecule has 2 fully saturated rings. The van der Waals surface area contributed by atoms with Crippen molar-refractivity contribution in [2.75, 3.05) is 18.5 Å². The van der Waals surface area contributed by atoms with E-state index in [0.29, 0.717) is 18.2 Å². The van der Waals surface area contributed by atoms with Crippen LogP contribution < -0.4 is 5.32 Å². The second kappa shape index (κ2) is 4.44. The van der Waals surface area contributed by atoms with Gasteiger partial charge in [-0.25, -0.2) is 0 Å². The molecule has 3 nitrogen and oxygen atoms in total. The van der Waals surface area contributed by atoms with Gasteiger partial charge in [0.2, 0.25) is 0 Å². The minimum Gasteiger partial charge on any atom is -0.382 e. The highest BCUT2D eigenvalue weighted by Crippen LogP contribution is 2.25. The second-order valence-corrected chi connectivity index (χ2v) is 4.59. The normalized spacial score (nSPS) is 28.5. The highest BCUT2D eigenvalue weighted by molar-refractivity contribution is 5.43. The lowest BCUT2D eigenvalue weighted by Gasteiger charge is -2.18. The average Bonchev–Trinajstić information content (AvgIpc) is 3.15. The first-order valence-electron chi connectivity index (χ1n) is 5.95. The highest BCUT2D eigenvalue weighted by Gasteiger charge is 2.31. The molecule has 2 aliphatic rings. The van der Waals surface area contributed by atoms with Crippen LogP contribution in [0.3, 0.4) is 0 Å². The highest BCUT2D eigenvalue weighted by atomic mass is 16.6. The molecule has 1 aromatic rings. The first kappa shape index (κ1) is 10.1. The molecule has 0 aromatic heterocycles. The molecule has 16 heavy (non-hydrogen) atoms. The van der Waals surface area contributed by atoms with Crippen molar-refractivity contribution >= 4 is 5.69 Å². The number of nitrogens with one attached hydrogen (secondary N) is 1. The number of epoxide rings is 2. The van der Waals surface area contributed by atoms with Gasteiger partial charge in [0, 0.05) is 11.7 Å². The molecule has 0 amide bonds. The van der Waals surface area contributed by atoms with Crippen LogP contribution in [0, 0.1) is 0 Å². The van der Waals surface area contributed by atoms with E-state index in [1.54, 1.807) is 0 Å². The van der Waals surface area contributed by atoms with Crippen LogP contribution in [0.4, 0.5) is 5.69 Å². The third kappa shape index (κ3) is 2.97. The van der Waals surface area contributed by atoms with Crippen molar-refractivity contribution in [3.8, 4) is 0 Å². The SMILES string of the molecule is c1ccc(NC(CC2CO2)CC2CO2)cc1. The second-order valence-electron chi connectivity index (χ2n) is 4.59. The largest absolute Gasteiger partial charge is 0.382 e. The monoisotopic (exact) mass is 219 g/mol. The van der Waals surface area contributed by atoms with Crippen molar-refractivity contribution < 1.29 is 9.47 Å². The minimum atomic E-state index is 0.472. The summed E-state index contributed by atoms with van der Waals surface area (Å²) in [5, 5.41) is 3.56. The molecular formula is C13H17NO2. The first-order chi connectivity index (χ1) is 7.90. The Morgan fingerprint density at radius 1 is 1.06 bits per heavy atom. The Morgan fingerprint density at radius 3 is 2.12 bits per heavy atom. The summed E-state index contributed by atoms with van der Waals surface area (Å²) in [5.41, 5.74) is 1.19. The molecule has 2 heterocycles. The van der Waals surface area contributed by atoms with Gasteiger partial charge in [0.15, 0.2) is 0 Å². The van der Waals surface area contributed by atoms with Crippen LogP contribution in [0.15, 0.2) is 30.3 Å². The van der Waals surface area contributed by atoms with E-state index in [-0.39, 0.29) is 0 Å². The quantitative estimate of drug-likeness (QED) is 0.744. The van der Waals surface area contributed by atoms with Gasteiger partial charge in [-0.3, -0.25) is 0 Å². The van der Waals surface area contributed by atoms with Crippen LogP contribution in [0.25, 0.3) is 0 Å². The van der Waals surface area contributed by atoms with Crippen molar-refractivity contribution in [2.45, 2.75) is 31.1 Å². The summed E-state index contributed by atoms with van der Waals surface area (Å²) in [6.45, 7) is 1.86.